The SMILES string of the molecule is Fc1ccc(-c2ncc(CCCc3ccccc3)o2)cc1. The topological polar surface area (TPSA) is 26.0 Å². The van der Waals surface area contributed by atoms with Crippen molar-refractivity contribution in [1.29, 1.82) is 0 Å². The Bertz CT molecular complexity index is 689. The van der Waals surface area contributed by atoms with Crippen LogP contribution in [0.4, 0.5) is 4.39 Å². The van der Waals surface area contributed by atoms with E-state index in [-0.39, 0.29) is 5.82 Å². The monoisotopic (exact) mass is 281 g/mol. The molecule has 0 aliphatic rings. The molecule has 1 aromatic heterocycles. The molecular weight excluding hydrogens is 265 g/mol. The predicted octanol–water partition coefficient (Wildman–Crippen LogP) is 4.66. The minimum atomic E-state index is -0.256. The standard InChI is InChI=1S/C18H16FNO/c19-16-11-9-15(10-12-16)18-20-13-17(21-18)8-4-7-14-5-2-1-3-6-14/h1-3,5-6,9-13H,4,7-8H2. The van der Waals surface area contributed by atoms with Gasteiger partial charge in [-0.05, 0) is 42.7 Å². The van der Waals surface area contributed by atoms with Crippen molar-refractivity contribution in [2.24, 2.45) is 0 Å². The van der Waals surface area contributed by atoms with E-state index in [0.717, 1.165) is 30.6 Å². The van der Waals surface area contributed by atoms with Crippen LogP contribution >= 0.6 is 0 Å². The van der Waals surface area contributed by atoms with Gasteiger partial charge >= 0.3 is 0 Å². The Labute approximate surface area is 123 Å². The van der Waals surface area contributed by atoms with Crippen LogP contribution in [0.25, 0.3) is 11.5 Å². The van der Waals surface area contributed by atoms with E-state index in [9.17, 15) is 4.39 Å². The predicted molar refractivity (Wildman–Crippen MR) is 80.4 cm³/mol. The summed E-state index contributed by atoms with van der Waals surface area (Å²) in [5.41, 5.74) is 2.13. The lowest BCUT2D eigenvalue weighted by Crippen LogP contribution is -1.88. The van der Waals surface area contributed by atoms with Crippen molar-refractivity contribution in [2.45, 2.75) is 19.3 Å². The van der Waals surface area contributed by atoms with E-state index in [1.165, 1.54) is 17.7 Å². The first kappa shape index (κ1) is 13.6. The molecule has 0 amide bonds. The molecule has 0 aliphatic carbocycles. The summed E-state index contributed by atoms with van der Waals surface area (Å²) in [6.07, 6.45) is 4.64. The largest absolute Gasteiger partial charge is 0.441 e. The van der Waals surface area contributed by atoms with Crippen LogP contribution in [0.15, 0.2) is 65.2 Å². The van der Waals surface area contributed by atoms with Gasteiger partial charge in [0.15, 0.2) is 0 Å². The fourth-order valence-electron chi connectivity index (χ4n) is 2.26. The molecule has 0 atom stereocenters. The highest BCUT2D eigenvalue weighted by Gasteiger charge is 2.06. The van der Waals surface area contributed by atoms with E-state index in [1.54, 1.807) is 18.3 Å². The lowest BCUT2D eigenvalue weighted by molar-refractivity contribution is 0.510. The maximum Gasteiger partial charge on any atom is 0.226 e. The average molecular weight is 281 g/mol. The molecule has 3 aromatic rings. The van der Waals surface area contributed by atoms with Gasteiger partial charge in [0.05, 0.1) is 6.20 Å². The third-order valence-corrected chi connectivity index (χ3v) is 3.38. The van der Waals surface area contributed by atoms with Crippen molar-refractivity contribution in [3.05, 3.63) is 77.9 Å². The molecule has 0 unspecified atom stereocenters. The van der Waals surface area contributed by atoms with Gasteiger partial charge in [0.1, 0.15) is 11.6 Å². The molecule has 0 saturated heterocycles. The van der Waals surface area contributed by atoms with Gasteiger partial charge < -0.3 is 4.42 Å². The minimum Gasteiger partial charge on any atom is -0.441 e. The summed E-state index contributed by atoms with van der Waals surface area (Å²) in [6, 6.07) is 16.6. The summed E-state index contributed by atoms with van der Waals surface area (Å²) < 4.78 is 18.6. The second-order valence-electron chi connectivity index (χ2n) is 4.98. The number of halogens is 1. The van der Waals surface area contributed by atoms with Crippen LogP contribution < -0.4 is 0 Å². The van der Waals surface area contributed by atoms with Gasteiger partial charge in [0.2, 0.25) is 5.89 Å². The quantitative estimate of drug-likeness (QED) is 0.680. The maximum absolute atomic E-state index is 12.9. The Morgan fingerprint density at radius 2 is 1.67 bits per heavy atom. The highest BCUT2D eigenvalue weighted by molar-refractivity contribution is 5.52. The highest BCUT2D eigenvalue weighted by atomic mass is 19.1. The lowest BCUT2D eigenvalue weighted by atomic mass is 10.1. The minimum absolute atomic E-state index is 0.256. The zero-order chi connectivity index (χ0) is 14.5. The maximum atomic E-state index is 12.9. The number of aryl methyl sites for hydroxylation is 2. The first-order valence-electron chi connectivity index (χ1n) is 7.06. The number of oxazole rings is 1. The van der Waals surface area contributed by atoms with Crippen molar-refractivity contribution >= 4 is 0 Å². The van der Waals surface area contributed by atoms with Gasteiger partial charge in [-0.2, -0.15) is 0 Å². The van der Waals surface area contributed by atoms with Gasteiger partial charge in [-0.1, -0.05) is 30.3 Å². The first-order chi connectivity index (χ1) is 10.3. The van der Waals surface area contributed by atoms with Gasteiger partial charge in [-0.25, -0.2) is 9.37 Å². The Kier molecular flexibility index (Phi) is 4.10. The molecule has 3 heteroatoms. The molecule has 0 bridgehead atoms. The molecule has 21 heavy (non-hydrogen) atoms. The van der Waals surface area contributed by atoms with Crippen molar-refractivity contribution < 1.29 is 8.81 Å². The van der Waals surface area contributed by atoms with Crippen LogP contribution in [0.5, 0.6) is 0 Å². The molecule has 2 aromatic carbocycles. The lowest BCUT2D eigenvalue weighted by Gasteiger charge is -1.99. The molecule has 0 spiro atoms. The van der Waals surface area contributed by atoms with Gasteiger partial charge in [-0.3, -0.25) is 0 Å². The second-order valence-corrected chi connectivity index (χ2v) is 4.98. The van der Waals surface area contributed by atoms with Gasteiger partial charge in [-0.15, -0.1) is 0 Å². The molecule has 0 radical (unpaired) electrons. The summed E-state index contributed by atoms with van der Waals surface area (Å²) in [5.74, 6) is 1.16. The van der Waals surface area contributed by atoms with E-state index in [4.69, 9.17) is 4.42 Å². The Hall–Kier alpha value is -2.42. The highest BCUT2D eigenvalue weighted by Crippen LogP contribution is 2.20. The van der Waals surface area contributed by atoms with Crippen molar-refractivity contribution in [1.82, 2.24) is 4.98 Å². The summed E-state index contributed by atoms with van der Waals surface area (Å²) in [6.45, 7) is 0. The molecular formula is C18H16FNO. The number of hydrogen-bond acceptors (Lipinski definition) is 2. The molecule has 0 N–H and O–H groups in total. The van der Waals surface area contributed by atoms with Crippen LogP contribution in [-0.2, 0) is 12.8 Å². The summed E-state index contributed by atoms with van der Waals surface area (Å²) in [4.78, 5) is 4.25. The van der Waals surface area contributed by atoms with E-state index < -0.39 is 0 Å². The number of aromatic nitrogens is 1. The van der Waals surface area contributed by atoms with E-state index in [2.05, 4.69) is 29.2 Å². The first-order valence-corrected chi connectivity index (χ1v) is 7.06. The molecule has 0 aliphatic heterocycles. The number of benzene rings is 2. The van der Waals surface area contributed by atoms with Crippen LogP contribution in [0, 0.1) is 5.82 Å². The second kappa shape index (κ2) is 6.35. The summed E-state index contributed by atoms with van der Waals surface area (Å²) in [7, 11) is 0. The Morgan fingerprint density at radius 1 is 0.905 bits per heavy atom. The van der Waals surface area contributed by atoms with Crippen LogP contribution in [0.3, 0.4) is 0 Å². The van der Waals surface area contributed by atoms with E-state index in [0.29, 0.717) is 5.89 Å². The van der Waals surface area contributed by atoms with Crippen LogP contribution in [0.1, 0.15) is 17.7 Å². The molecule has 1 heterocycles. The zero-order valence-electron chi connectivity index (χ0n) is 11.6. The van der Waals surface area contributed by atoms with Crippen LogP contribution in [0.2, 0.25) is 0 Å². The summed E-state index contributed by atoms with van der Waals surface area (Å²) in [5, 5.41) is 0. The third kappa shape index (κ3) is 3.57. The van der Waals surface area contributed by atoms with Crippen molar-refractivity contribution in [2.75, 3.05) is 0 Å². The fourth-order valence-corrected chi connectivity index (χ4v) is 2.26. The zero-order valence-corrected chi connectivity index (χ0v) is 11.6. The van der Waals surface area contributed by atoms with Crippen molar-refractivity contribution in [3.63, 3.8) is 0 Å². The number of hydrogen-bond donors (Lipinski definition) is 0. The molecule has 106 valence electrons. The van der Waals surface area contributed by atoms with Crippen LogP contribution in [-0.4, -0.2) is 4.98 Å². The Balaban J connectivity index is 1.59. The average Bonchev–Trinajstić information content (AvgIpc) is 2.98. The molecule has 3 rings (SSSR count). The fraction of sp³-hybridized carbons (Fsp3) is 0.167. The smallest absolute Gasteiger partial charge is 0.226 e. The van der Waals surface area contributed by atoms with E-state index in [1.807, 2.05) is 6.07 Å². The third-order valence-electron chi connectivity index (χ3n) is 3.38. The normalized spacial score (nSPS) is 10.7. The molecule has 0 fully saturated rings. The van der Waals surface area contributed by atoms with E-state index >= 15 is 0 Å². The summed E-state index contributed by atoms with van der Waals surface area (Å²) >= 11 is 0. The van der Waals surface area contributed by atoms with Crippen molar-refractivity contribution in [3.8, 4) is 11.5 Å². The number of nitrogens with zero attached hydrogens (tertiary/aromatic N) is 1. The Morgan fingerprint density at radius 3 is 2.43 bits per heavy atom. The molecule has 0 saturated carbocycles. The van der Waals surface area contributed by atoms with Gasteiger partial charge in [0.25, 0.3) is 0 Å². The van der Waals surface area contributed by atoms with Gasteiger partial charge in [0, 0.05) is 12.0 Å². The molecule has 2 nitrogen and oxygen atoms in total. The number of rotatable bonds is 5.